The first-order valence-electron chi connectivity index (χ1n) is 10.7. The van der Waals surface area contributed by atoms with Gasteiger partial charge in [0.05, 0.1) is 16.1 Å². The fourth-order valence-electron chi connectivity index (χ4n) is 4.44. The molecule has 3 aromatic rings. The molecular weight excluding hydrogens is 420 g/mol. The second kappa shape index (κ2) is 8.56. The number of rotatable bonds is 3. The average molecular weight is 443 g/mol. The third kappa shape index (κ3) is 3.47. The van der Waals surface area contributed by atoms with Crippen LogP contribution in [0.3, 0.4) is 0 Å². The first-order chi connectivity index (χ1) is 15.7. The molecule has 1 fully saturated rings. The van der Waals surface area contributed by atoms with Gasteiger partial charge in [-0.15, -0.1) is 11.8 Å². The molecule has 0 spiro atoms. The molecule has 2 aromatic carbocycles. The predicted molar refractivity (Wildman–Crippen MR) is 128 cm³/mol. The number of nitriles is 1. The molecule has 3 heterocycles. The normalized spacial score (nSPS) is 16.2. The van der Waals surface area contributed by atoms with Gasteiger partial charge in [0, 0.05) is 43.0 Å². The van der Waals surface area contributed by atoms with E-state index in [1.165, 1.54) is 0 Å². The van der Waals surface area contributed by atoms with E-state index in [4.69, 9.17) is 0 Å². The van der Waals surface area contributed by atoms with Gasteiger partial charge in [-0.2, -0.15) is 5.26 Å². The molecule has 0 unspecified atom stereocenters. The largest absolute Gasteiger partial charge is 0.366 e. The highest BCUT2D eigenvalue weighted by Gasteiger charge is 2.28. The number of hydrogen-bond acceptors (Lipinski definition) is 5. The fraction of sp³-hybridized carbons (Fsp3) is 0.240. The third-order valence-corrected chi connectivity index (χ3v) is 7.07. The Morgan fingerprint density at radius 2 is 1.69 bits per heavy atom. The summed E-state index contributed by atoms with van der Waals surface area (Å²) >= 11 is 1.62. The summed E-state index contributed by atoms with van der Waals surface area (Å²) in [6.07, 6.45) is 2.96. The van der Waals surface area contributed by atoms with E-state index >= 15 is 0 Å². The molecule has 0 aliphatic carbocycles. The molecule has 6 nitrogen and oxygen atoms in total. The molecule has 0 atom stereocenters. The van der Waals surface area contributed by atoms with Gasteiger partial charge in [0.15, 0.2) is 0 Å². The molecule has 1 saturated heterocycles. The molecule has 32 heavy (non-hydrogen) atoms. The number of benzene rings is 2. The van der Waals surface area contributed by atoms with Crippen LogP contribution < -0.4 is 10.5 Å². The fourth-order valence-corrected chi connectivity index (χ4v) is 5.39. The summed E-state index contributed by atoms with van der Waals surface area (Å²) in [6, 6.07) is 19.3. The molecule has 0 radical (unpaired) electrons. The van der Waals surface area contributed by atoms with Crippen LogP contribution in [0, 0.1) is 11.3 Å². The number of anilines is 1. The summed E-state index contributed by atoms with van der Waals surface area (Å²) in [5.74, 6) is 1.06. The lowest BCUT2D eigenvalue weighted by molar-refractivity contribution is -0.126. The number of allylic oxidation sites excluding steroid dienone is 1. The second-order valence-electron chi connectivity index (χ2n) is 7.81. The van der Waals surface area contributed by atoms with Crippen LogP contribution in [0.4, 0.5) is 5.69 Å². The van der Waals surface area contributed by atoms with Gasteiger partial charge in [0.2, 0.25) is 0 Å². The lowest BCUT2D eigenvalue weighted by Gasteiger charge is -2.37. The van der Waals surface area contributed by atoms with Crippen LogP contribution in [-0.4, -0.2) is 47.3 Å². The number of para-hydroxylation sites is 2. The predicted octanol–water partition coefficient (Wildman–Crippen LogP) is 3.53. The first-order valence-corrected chi connectivity index (χ1v) is 11.7. The van der Waals surface area contributed by atoms with Crippen molar-refractivity contribution in [3.8, 4) is 11.8 Å². The van der Waals surface area contributed by atoms with Crippen LogP contribution in [0.5, 0.6) is 0 Å². The van der Waals surface area contributed by atoms with E-state index in [-0.39, 0.29) is 17.0 Å². The monoisotopic (exact) mass is 442 g/mol. The number of nitrogens with zero attached hydrogens (tertiary/aromatic N) is 4. The molecular formula is C25H22N4O2S. The van der Waals surface area contributed by atoms with Gasteiger partial charge in [-0.05, 0) is 24.6 Å². The van der Waals surface area contributed by atoms with Crippen LogP contribution in [0.1, 0.15) is 12.0 Å². The van der Waals surface area contributed by atoms with Crippen molar-refractivity contribution in [2.24, 2.45) is 0 Å². The van der Waals surface area contributed by atoms with Crippen molar-refractivity contribution in [3.05, 3.63) is 81.5 Å². The molecule has 7 heteroatoms. The SMILES string of the molecule is N#Cc1c(N2CCN(C(=O)C3=CCCS3)CC2)c2ccccc2n(-c2ccccc2)c1=O. The molecule has 1 aromatic heterocycles. The van der Waals surface area contributed by atoms with Gasteiger partial charge < -0.3 is 9.80 Å². The number of carbonyl (C=O) groups excluding carboxylic acids is 1. The van der Waals surface area contributed by atoms with Crippen molar-refractivity contribution in [1.82, 2.24) is 9.47 Å². The third-order valence-electron chi connectivity index (χ3n) is 5.98. The summed E-state index contributed by atoms with van der Waals surface area (Å²) in [6.45, 7) is 2.30. The summed E-state index contributed by atoms with van der Waals surface area (Å²) in [5, 5.41) is 10.8. The number of amides is 1. The van der Waals surface area contributed by atoms with E-state index in [0.717, 1.165) is 33.7 Å². The van der Waals surface area contributed by atoms with Crippen molar-refractivity contribution in [2.75, 3.05) is 36.8 Å². The van der Waals surface area contributed by atoms with E-state index in [9.17, 15) is 14.9 Å². The topological polar surface area (TPSA) is 69.3 Å². The van der Waals surface area contributed by atoms with Crippen LogP contribution in [0.15, 0.2) is 70.4 Å². The summed E-state index contributed by atoms with van der Waals surface area (Å²) in [7, 11) is 0. The van der Waals surface area contributed by atoms with Gasteiger partial charge in [-0.25, -0.2) is 0 Å². The second-order valence-corrected chi connectivity index (χ2v) is 8.95. The maximum absolute atomic E-state index is 13.5. The smallest absolute Gasteiger partial charge is 0.275 e. The van der Waals surface area contributed by atoms with E-state index < -0.39 is 0 Å². The summed E-state index contributed by atoms with van der Waals surface area (Å²) in [4.78, 5) is 31.0. The molecule has 0 N–H and O–H groups in total. The lowest BCUT2D eigenvalue weighted by Crippen LogP contribution is -2.49. The highest BCUT2D eigenvalue weighted by Crippen LogP contribution is 2.32. The number of piperazine rings is 1. The number of pyridine rings is 1. The van der Waals surface area contributed by atoms with Crippen molar-refractivity contribution >= 4 is 34.3 Å². The van der Waals surface area contributed by atoms with Gasteiger partial charge >= 0.3 is 0 Å². The van der Waals surface area contributed by atoms with Crippen molar-refractivity contribution < 1.29 is 4.79 Å². The molecule has 0 bridgehead atoms. The number of fused-ring (bicyclic) bond motifs is 1. The zero-order chi connectivity index (χ0) is 22.1. The first kappa shape index (κ1) is 20.4. The Hall–Kier alpha value is -3.50. The minimum Gasteiger partial charge on any atom is -0.366 e. The Morgan fingerprint density at radius 1 is 0.969 bits per heavy atom. The standard InChI is InChI=1S/C25H22N4O2S/c26-17-20-23(27-12-14-28(15-13-27)25(31)22-11-6-16-32-22)19-9-4-5-10-21(19)29(24(20)30)18-7-2-1-3-8-18/h1-5,7-11H,6,12-16H2. The lowest BCUT2D eigenvalue weighted by atomic mass is 10.1. The van der Waals surface area contributed by atoms with E-state index in [1.54, 1.807) is 16.3 Å². The van der Waals surface area contributed by atoms with Crippen molar-refractivity contribution in [2.45, 2.75) is 6.42 Å². The van der Waals surface area contributed by atoms with Gasteiger partial charge in [-0.3, -0.25) is 14.2 Å². The highest BCUT2D eigenvalue weighted by atomic mass is 32.2. The quantitative estimate of drug-likeness (QED) is 0.621. The number of hydrogen-bond donors (Lipinski definition) is 0. The van der Waals surface area contributed by atoms with Gasteiger partial charge in [0.1, 0.15) is 11.6 Å². The van der Waals surface area contributed by atoms with E-state index in [2.05, 4.69) is 11.0 Å². The molecule has 5 rings (SSSR count). The summed E-state index contributed by atoms with van der Waals surface area (Å²) in [5.41, 5.74) is 1.99. The minimum absolute atomic E-state index is 0.0945. The Bertz CT molecular complexity index is 1320. The van der Waals surface area contributed by atoms with Crippen LogP contribution in [0.25, 0.3) is 16.6 Å². The van der Waals surface area contributed by atoms with Crippen molar-refractivity contribution in [3.63, 3.8) is 0 Å². The van der Waals surface area contributed by atoms with Crippen molar-refractivity contribution in [1.29, 1.82) is 5.26 Å². The highest BCUT2D eigenvalue weighted by molar-refractivity contribution is 8.04. The summed E-state index contributed by atoms with van der Waals surface area (Å²) < 4.78 is 1.61. The Balaban J connectivity index is 1.55. The zero-order valence-corrected chi connectivity index (χ0v) is 18.3. The molecule has 2 aliphatic rings. The zero-order valence-electron chi connectivity index (χ0n) is 17.5. The van der Waals surface area contributed by atoms with Crippen LogP contribution in [0.2, 0.25) is 0 Å². The number of carbonyl (C=O) groups is 1. The minimum atomic E-state index is -0.321. The Labute approximate surface area is 190 Å². The Kier molecular flexibility index (Phi) is 5.46. The van der Waals surface area contributed by atoms with E-state index in [1.807, 2.05) is 65.6 Å². The molecule has 2 aliphatic heterocycles. The van der Waals surface area contributed by atoms with Crippen LogP contribution in [-0.2, 0) is 4.79 Å². The Morgan fingerprint density at radius 3 is 2.38 bits per heavy atom. The maximum atomic E-state index is 13.5. The molecule has 0 saturated carbocycles. The maximum Gasteiger partial charge on any atom is 0.275 e. The van der Waals surface area contributed by atoms with Gasteiger partial charge in [-0.1, -0.05) is 42.5 Å². The van der Waals surface area contributed by atoms with Gasteiger partial charge in [0.25, 0.3) is 11.5 Å². The average Bonchev–Trinajstić information content (AvgIpc) is 3.38. The van der Waals surface area contributed by atoms with Crippen LogP contribution >= 0.6 is 11.8 Å². The number of aromatic nitrogens is 1. The molecule has 160 valence electrons. The number of thioether (sulfide) groups is 1. The van der Waals surface area contributed by atoms with E-state index in [0.29, 0.717) is 31.9 Å². The molecule has 1 amide bonds.